The Balaban J connectivity index is 0.00000529. The Kier molecular flexibility index (Phi) is 12.0. The minimum atomic E-state index is -0.160. The number of aryl methyl sites for hydroxylation is 3. The van der Waals surface area contributed by atoms with Crippen molar-refractivity contribution in [1.29, 1.82) is 0 Å². The second-order valence-electron chi connectivity index (χ2n) is 16.4. The van der Waals surface area contributed by atoms with Gasteiger partial charge in [-0.25, -0.2) is 9.97 Å². The number of aromatic amines is 2. The molecule has 0 saturated carbocycles. The van der Waals surface area contributed by atoms with Crippen molar-refractivity contribution in [3.05, 3.63) is 204 Å². The van der Waals surface area contributed by atoms with Crippen molar-refractivity contribution >= 4 is 46.4 Å². The zero-order valence-corrected chi connectivity index (χ0v) is 38.9. The number of H-pyrrole nitrogens is 2. The predicted octanol–water partition coefficient (Wildman–Crippen LogP) is 15.2. The molecule has 0 spiro atoms. The van der Waals surface area contributed by atoms with Crippen LogP contribution in [0, 0.1) is 20.8 Å². The van der Waals surface area contributed by atoms with Crippen molar-refractivity contribution in [2.24, 2.45) is 0 Å². The summed E-state index contributed by atoms with van der Waals surface area (Å²) in [5.74, 6) is 0. The fourth-order valence-electron chi connectivity index (χ4n) is 9.00. The molecule has 62 heavy (non-hydrogen) atoms. The third-order valence-electron chi connectivity index (χ3n) is 12.2. The van der Waals surface area contributed by atoms with Crippen LogP contribution in [0.15, 0.2) is 159 Å². The van der Waals surface area contributed by atoms with Crippen molar-refractivity contribution in [3.8, 4) is 44.5 Å². The topological polar surface area (TPSA) is 57.4 Å². The fraction of sp³-hybridized carbons (Fsp3) is 0.123. The van der Waals surface area contributed by atoms with Gasteiger partial charge in [-0.1, -0.05) is 132 Å². The van der Waals surface area contributed by atoms with Crippen LogP contribution in [-0.4, -0.2) is 19.9 Å². The van der Waals surface area contributed by atoms with Gasteiger partial charge in [0.1, 0.15) is 0 Å². The van der Waals surface area contributed by atoms with Gasteiger partial charge in [0.05, 0.1) is 22.8 Å². The molecule has 5 heterocycles. The number of nitrogens with one attached hydrogen (secondary N) is 2. The number of nitrogens with zero attached hydrogens (tertiary/aromatic N) is 2. The summed E-state index contributed by atoms with van der Waals surface area (Å²) < 4.78 is 0. The number of hydrogen-bond acceptors (Lipinski definition) is 2. The molecule has 3 aromatic heterocycles. The molecule has 298 valence electrons. The van der Waals surface area contributed by atoms with Crippen LogP contribution in [0.3, 0.4) is 0 Å². The number of aromatic nitrogens is 4. The van der Waals surface area contributed by atoms with Crippen molar-refractivity contribution in [2.75, 3.05) is 0 Å². The molecule has 0 radical (unpaired) electrons. The summed E-state index contributed by atoms with van der Waals surface area (Å²) in [6.07, 6.45) is 17.1. The van der Waals surface area contributed by atoms with E-state index in [1.54, 1.807) is 0 Å². The first-order valence-corrected chi connectivity index (χ1v) is 21.1. The van der Waals surface area contributed by atoms with E-state index in [1.807, 2.05) is 18.2 Å². The van der Waals surface area contributed by atoms with Crippen LogP contribution in [0.5, 0.6) is 0 Å². The van der Waals surface area contributed by atoms with Crippen LogP contribution < -0.4 is 0 Å². The number of allylic oxidation sites excluding steroid dienone is 3. The number of rotatable bonds is 11. The maximum Gasteiger partial charge on any atom is 2.00 e. The molecule has 5 heteroatoms. The molecule has 8 bridgehead atoms. The van der Waals surface area contributed by atoms with Gasteiger partial charge in [-0.3, -0.25) is 0 Å². The van der Waals surface area contributed by atoms with Crippen molar-refractivity contribution in [2.45, 2.75) is 45.4 Å². The second kappa shape index (κ2) is 17.7. The molecule has 0 unspecified atom stereocenters. The van der Waals surface area contributed by atoms with Gasteiger partial charge in [-0.2, -0.15) is 0 Å². The summed E-state index contributed by atoms with van der Waals surface area (Å²) >= 11 is 0. The maximum atomic E-state index is 5.51. The van der Waals surface area contributed by atoms with E-state index in [1.165, 1.54) is 22.3 Å². The normalized spacial score (nSPS) is 11.9. The molecule has 7 aromatic rings. The Hall–Kier alpha value is -6.68. The monoisotopic (exact) mass is 854 g/mol. The van der Waals surface area contributed by atoms with Crippen LogP contribution in [0.1, 0.15) is 64.3 Å². The Morgan fingerprint density at radius 3 is 0.919 bits per heavy atom. The minimum Gasteiger partial charge on any atom is -0.354 e. The van der Waals surface area contributed by atoms with Crippen molar-refractivity contribution < 1.29 is 19.5 Å². The second-order valence-corrected chi connectivity index (χ2v) is 16.4. The van der Waals surface area contributed by atoms with Crippen LogP contribution in [0.25, 0.3) is 90.9 Å². The largest absolute Gasteiger partial charge is 2.00 e. The third kappa shape index (κ3) is 7.97. The first kappa shape index (κ1) is 42.0. The summed E-state index contributed by atoms with van der Waals surface area (Å²) in [6, 6.07) is 43.9. The van der Waals surface area contributed by atoms with Gasteiger partial charge in [0.15, 0.2) is 0 Å². The minimum absolute atomic E-state index is 0. The Bertz CT molecular complexity index is 2980. The van der Waals surface area contributed by atoms with Gasteiger partial charge in [-0.05, 0) is 116 Å². The van der Waals surface area contributed by atoms with Crippen molar-refractivity contribution in [3.63, 3.8) is 0 Å². The molecule has 2 aliphatic rings. The van der Waals surface area contributed by atoms with Gasteiger partial charge in [0.25, 0.3) is 0 Å². The van der Waals surface area contributed by atoms with Gasteiger partial charge >= 0.3 is 19.5 Å². The molecule has 9 rings (SSSR count). The van der Waals surface area contributed by atoms with Crippen LogP contribution >= 0.6 is 0 Å². The van der Waals surface area contributed by atoms with Gasteiger partial charge in [0.2, 0.25) is 0 Å². The average molecular weight is 856 g/mol. The molecule has 0 aliphatic carbocycles. The predicted molar refractivity (Wildman–Crippen MR) is 261 cm³/mol. The first-order valence-electron chi connectivity index (χ1n) is 21.1. The smallest absolute Gasteiger partial charge is 0.354 e. The molecule has 0 amide bonds. The van der Waals surface area contributed by atoms with E-state index >= 15 is 0 Å². The number of fused-ring (bicyclic) bond motifs is 8. The Morgan fingerprint density at radius 2 is 0.661 bits per heavy atom. The van der Waals surface area contributed by atoms with E-state index in [4.69, 9.17) is 9.97 Å². The SMILES string of the molecule is C=CCC(CC=C)(CC=C)c1ccc(-c2c3nc(c(-c4ccc(C)cc4)c4ccc([nH]4)c(-c4ccc(C)cc4)c4nc(c(-c5ccc(C)cc5)c5ccc2[nH]5)C=C4)C=C3)cc1.[Zn+2]. The average Bonchev–Trinajstić information content (AvgIpc) is 4.12. The summed E-state index contributed by atoms with van der Waals surface area (Å²) in [6.45, 7) is 18.7. The van der Waals surface area contributed by atoms with E-state index in [0.717, 1.165) is 109 Å². The standard InChI is InChI=1S/C57H50N4.Zn/c1-7-34-57(35-8-2,36-9-3)44-24-22-43(23-25-44)56-51-32-30-49(60-51)54(41-18-12-38(5)13-19-41)47-28-26-45(58-47)53(40-16-10-37(4)11-17-40)46-27-29-48(59-46)55(50-31-33-52(56)61-50)42-20-14-39(6)15-21-42;/h7-33,58,61H,1-3,34-36H2,4-6H3;/q;+2. The third-order valence-corrected chi connectivity index (χ3v) is 12.2. The molecule has 2 aliphatic heterocycles. The van der Waals surface area contributed by atoms with Crippen molar-refractivity contribution in [1.82, 2.24) is 19.9 Å². The van der Waals surface area contributed by atoms with Crippen LogP contribution in [-0.2, 0) is 24.9 Å². The summed E-state index contributed by atoms with van der Waals surface area (Å²) in [7, 11) is 0. The number of hydrogen-bond donors (Lipinski definition) is 2. The van der Waals surface area contributed by atoms with E-state index < -0.39 is 0 Å². The molecule has 0 saturated heterocycles. The zero-order chi connectivity index (χ0) is 42.1. The summed E-state index contributed by atoms with van der Waals surface area (Å²) in [4.78, 5) is 18.7. The molecular weight excluding hydrogens is 806 g/mol. The summed E-state index contributed by atoms with van der Waals surface area (Å²) in [5, 5.41) is 0. The van der Waals surface area contributed by atoms with E-state index in [-0.39, 0.29) is 24.9 Å². The fourth-order valence-corrected chi connectivity index (χ4v) is 9.00. The molecule has 4 aromatic carbocycles. The zero-order valence-electron chi connectivity index (χ0n) is 35.9. The summed E-state index contributed by atoms with van der Waals surface area (Å²) in [5.41, 5.74) is 20.6. The van der Waals surface area contributed by atoms with Crippen LogP contribution in [0.2, 0.25) is 0 Å². The molecular formula is C57H50N4Zn+2. The number of benzene rings is 4. The molecule has 2 N–H and O–H groups in total. The molecule has 0 atom stereocenters. The molecule has 4 nitrogen and oxygen atoms in total. The van der Waals surface area contributed by atoms with E-state index in [0.29, 0.717) is 0 Å². The van der Waals surface area contributed by atoms with E-state index in [2.05, 4.69) is 196 Å². The Labute approximate surface area is 378 Å². The van der Waals surface area contributed by atoms with Crippen LogP contribution in [0.4, 0.5) is 0 Å². The quantitative estimate of drug-likeness (QED) is 0.101. The molecule has 0 fully saturated rings. The maximum absolute atomic E-state index is 5.51. The first-order chi connectivity index (χ1) is 29.8. The van der Waals surface area contributed by atoms with Gasteiger partial charge < -0.3 is 9.97 Å². The van der Waals surface area contributed by atoms with E-state index in [9.17, 15) is 0 Å². The van der Waals surface area contributed by atoms with Gasteiger partial charge in [-0.15, -0.1) is 19.7 Å². The Morgan fingerprint density at radius 1 is 0.403 bits per heavy atom. The van der Waals surface area contributed by atoms with Gasteiger partial charge in [0, 0.05) is 49.7 Å².